The zero-order valence-corrected chi connectivity index (χ0v) is 9.89. The van der Waals surface area contributed by atoms with E-state index in [-0.39, 0.29) is 6.61 Å². The van der Waals surface area contributed by atoms with Gasteiger partial charge >= 0.3 is 0 Å². The number of hydrogen-bond donors (Lipinski definition) is 2. The number of aromatic nitrogens is 2. The Kier molecular flexibility index (Phi) is 6.69. The molecule has 0 aliphatic heterocycles. The van der Waals surface area contributed by atoms with Crippen molar-refractivity contribution in [3.63, 3.8) is 0 Å². The lowest BCUT2D eigenvalue weighted by Gasteiger charge is -2.15. The van der Waals surface area contributed by atoms with Crippen molar-refractivity contribution in [3.05, 3.63) is 24.3 Å². The zero-order valence-electron chi connectivity index (χ0n) is 9.89. The fourth-order valence-electron chi connectivity index (χ4n) is 1.75. The molecule has 2 N–H and O–H groups in total. The Balaban J connectivity index is 2.22. The molecule has 0 saturated heterocycles. The van der Waals surface area contributed by atoms with Crippen LogP contribution in [0.25, 0.3) is 0 Å². The van der Waals surface area contributed by atoms with Crippen molar-refractivity contribution in [2.45, 2.75) is 32.7 Å². The van der Waals surface area contributed by atoms with Crippen molar-refractivity contribution in [2.24, 2.45) is 5.92 Å². The van der Waals surface area contributed by atoms with Crippen LogP contribution < -0.4 is 5.32 Å². The summed E-state index contributed by atoms with van der Waals surface area (Å²) in [6.07, 6.45) is 6.69. The summed E-state index contributed by atoms with van der Waals surface area (Å²) in [5.41, 5.74) is 0. The van der Waals surface area contributed by atoms with E-state index in [9.17, 15) is 0 Å². The highest BCUT2D eigenvalue weighted by atomic mass is 16.3. The van der Waals surface area contributed by atoms with Crippen LogP contribution in [0.2, 0.25) is 0 Å². The van der Waals surface area contributed by atoms with Gasteiger partial charge in [0.25, 0.3) is 0 Å². The van der Waals surface area contributed by atoms with Crippen molar-refractivity contribution in [3.8, 4) is 0 Å². The van der Waals surface area contributed by atoms with Gasteiger partial charge in [0.05, 0.1) is 6.54 Å². The van der Waals surface area contributed by atoms with E-state index in [2.05, 4.69) is 22.2 Å². The average Bonchev–Trinajstić information content (AvgIpc) is 2.31. The number of aliphatic hydroxyl groups is 1. The standard InChI is InChI=1S/C12H21N3O/c1-2-4-11(5-8-16)9-13-10-12-14-6-3-7-15-12/h3,6-7,11,13,16H,2,4-5,8-10H2,1H3. The van der Waals surface area contributed by atoms with Gasteiger partial charge in [0.1, 0.15) is 5.82 Å². The largest absolute Gasteiger partial charge is 0.396 e. The van der Waals surface area contributed by atoms with Crippen LogP contribution in [0.1, 0.15) is 32.0 Å². The van der Waals surface area contributed by atoms with Crippen molar-refractivity contribution in [1.82, 2.24) is 15.3 Å². The lowest BCUT2D eigenvalue weighted by atomic mass is 10.0. The van der Waals surface area contributed by atoms with Gasteiger partial charge < -0.3 is 10.4 Å². The SMILES string of the molecule is CCCC(CCO)CNCc1ncccn1. The van der Waals surface area contributed by atoms with E-state index >= 15 is 0 Å². The van der Waals surface area contributed by atoms with Crippen LogP contribution in [-0.4, -0.2) is 28.2 Å². The first-order valence-electron chi connectivity index (χ1n) is 5.94. The van der Waals surface area contributed by atoms with Crippen LogP contribution in [-0.2, 0) is 6.54 Å². The highest BCUT2D eigenvalue weighted by Crippen LogP contribution is 2.09. The number of nitrogens with one attached hydrogen (secondary N) is 1. The maximum absolute atomic E-state index is 8.93. The third-order valence-electron chi connectivity index (χ3n) is 2.57. The molecule has 0 radical (unpaired) electrons. The van der Waals surface area contributed by atoms with Crippen molar-refractivity contribution < 1.29 is 5.11 Å². The van der Waals surface area contributed by atoms with Crippen LogP contribution in [0.4, 0.5) is 0 Å². The molecule has 0 aromatic carbocycles. The summed E-state index contributed by atoms with van der Waals surface area (Å²) in [4.78, 5) is 8.29. The minimum absolute atomic E-state index is 0.272. The smallest absolute Gasteiger partial charge is 0.141 e. The van der Waals surface area contributed by atoms with Gasteiger partial charge in [-0.3, -0.25) is 0 Å². The number of rotatable bonds is 8. The van der Waals surface area contributed by atoms with E-state index in [1.54, 1.807) is 12.4 Å². The molecule has 0 spiro atoms. The van der Waals surface area contributed by atoms with Crippen LogP contribution in [0.15, 0.2) is 18.5 Å². The van der Waals surface area contributed by atoms with Crippen LogP contribution >= 0.6 is 0 Å². The van der Waals surface area contributed by atoms with E-state index in [0.29, 0.717) is 12.5 Å². The molecule has 1 rings (SSSR count). The van der Waals surface area contributed by atoms with E-state index < -0.39 is 0 Å². The zero-order chi connectivity index (χ0) is 11.6. The summed E-state index contributed by atoms with van der Waals surface area (Å²) in [6, 6.07) is 1.81. The first-order chi connectivity index (χ1) is 7.86. The number of aliphatic hydroxyl groups excluding tert-OH is 1. The minimum Gasteiger partial charge on any atom is -0.396 e. The van der Waals surface area contributed by atoms with Crippen LogP contribution in [0.5, 0.6) is 0 Å². The summed E-state index contributed by atoms with van der Waals surface area (Å²) in [6.45, 7) is 4.07. The Hall–Kier alpha value is -1.00. The van der Waals surface area contributed by atoms with Crippen LogP contribution in [0, 0.1) is 5.92 Å². The van der Waals surface area contributed by atoms with Gasteiger partial charge in [-0.05, 0) is 31.4 Å². The normalized spacial score (nSPS) is 12.6. The highest BCUT2D eigenvalue weighted by molar-refractivity contribution is 4.87. The highest BCUT2D eigenvalue weighted by Gasteiger charge is 2.06. The molecule has 90 valence electrons. The van der Waals surface area contributed by atoms with Gasteiger partial charge in [-0.15, -0.1) is 0 Å². The van der Waals surface area contributed by atoms with E-state index in [1.165, 1.54) is 0 Å². The molecule has 0 aliphatic carbocycles. The fraction of sp³-hybridized carbons (Fsp3) is 0.667. The number of nitrogens with zero attached hydrogens (tertiary/aromatic N) is 2. The first-order valence-corrected chi connectivity index (χ1v) is 5.94. The third-order valence-corrected chi connectivity index (χ3v) is 2.57. The molecular weight excluding hydrogens is 202 g/mol. The Labute approximate surface area is 97.1 Å². The summed E-state index contributed by atoms with van der Waals surface area (Å²) in [5.74, 6) is 1.38. The van der Waals surface area contributed by atoms with Gasteiger partial charge in [0, 0.05) is 19.0 Å². The Morgan fingerprint density at radius 1 is 1.31 bits per heavy atom. The summed E-state index contributed by atoms with van der Waals surface area (Å²) < 4.78 is 0. The van der Waals surface area contributed by atoms with E-state index in [4.69, 9.17) is 5.11 Å². The fourth-order valence-corrected chi connectivity index (χ4v) is 1.75. The van der Waals surface area contributed by atoms with Gasteiger partial charge in [-0.1, -0.05) is 13.3 Å². The van der Waals surface area contributed by atoms with Gasteiger partial charge in [0.2, 0.25) is 0 Å². The van der Waals surface area contributed by atoms with E-state index in [0.717, 1.165) is 31.6 Å². The van der Waals surface area contributed by atoms with Crippen molar-refractivity contribution in [2.75, 3.05) is 13.2 Å². The Morgan fingerprint density at radius 2 is 2.06 bits per heavy atom. The third kappa shape index (κ3) is 5.19. The second kappa shape index (κ2) is 8.19. The Morgan fingerprint density at radius 3 is 2.69 bits per heavy atom. The van der Waals surface area contributed by atoms with Crippen LogP contribution in [0.3, 0.4) is 0 Å². The molecule has 1 heterocycles. The predicted molar refractivity (Wildman–Crippen MR) is 63.8 cm³/mol. The maximum atomic E-state index is 8.93. The lowest BCUT2D eigenvalue weighted by molar-refractivity contribution is 0.248. The topological polar surface area (TPSA) is 58.0 Å². The van der Waals surface area contributed by atoms with Gasteiger partial charge in [0.15, 0.2) is 0 Å². The predicted octanol–water partition coefficient (Wildman–Crippen LogP) is 1.36. The molecule has 1 aromatic rings. The number of hydrogen-bond acceptors (Lipinski definition) is 4. The average molecular weight is 223 g/mol. The minimum atomic E-state index is 0.272. The molecule has 0 aliphatic rings. The molecule has 0 fully saturated rings. The van der Waals surface area contributed by atoms with Gasteiger partial charge in [-0.25, -0.2) is 9.97 Å². The molecule has 0 bridgehead atoms. The van der Waals surface area contributed by atoms with Crippen molar-refractivity contribution >= 4 is 0 Å². The molecule has 1 atom stereocenters. The molecular formula is C12H21N3O. The summed E-state index contributed by atoms with van der Waals surface area (Å²) in [7, 11) is 0. The van der Waals surface area contributed by atoms with E-state index in [1.807, 2.05) is 6.07 Å². The molecule has 16 heavy (non-hydrogen) atoms. The van der Waals surface area contributed by atoms with Gasteiger partial charge in [-0.2, -0.15) is 0 Å². The monoisotopic (exact) mass is 223 g/mol. The molecule has 0 amide bonds. The maximum Gasteiger partial charge on any atom is 0.141 e. The second-order valence-electron chi connectivity index (χ2n) is 3.96. The molecule has 4 heteroatoms. The molecule has 1 aromatic heterocycles. The molecule has 0 saturated carbocycles. The summed E-state index contributed by atoms with van der Waals surface area (Å²) in [5, 5.41) is 12.3. The Bertz CT molecular complexity index is 260. The lowest BCUT2D eigenvalue weighted by Crippen LogP contribution is -2.24. The summed E-state index contributed by atoms with van der Waals surface area (Å²) >= 11 is 0. The quantitative estimate of drug-likeness (QED) is 0.698. The van der Waals surface area contributed by atoms with Crippen molar-refractivity contribution in [1.29, 1.82) is 0 Å². The molecule has 4 nitrogen and oxygen atoms in total. The molecule has 1 unspecified atom stereocenters. The first kappa shape index (κ1) is 13.1. The second-order valence-corrected chi connectivity index (χ2v) is 3.96.